The fourth-order valence-corrected chi connectivity index (χ4v) is 6.81. The van der Waals surface area contributed by atoms with E-state index in [1.54, 1.807) is 18.2 Å². The van der Waals surface area contributed by atoms with Crippen LogP contribution in [0, 0.1) is 23.7 Å². The van der Waals surface area contributed by atoms with Crippen LogP contribution in [-0.4, -0.2) is 53.4 Å². The first kappa shape index (κ1) is 26.7. The maximum atomic E-state index is 13.1. The number of amides is 4. The lowest BCUT2D eigenvalue weighted by molar-refractivity contribution is -0.136. The molecule has 3 saturated carbocycles. The zero-order valence-corrected chi connectivity index (χ0v) is 23.2. The molecule has 0 bridgehead atoms. The molecule has 0 aromatic heterocycles. The number of nitrogens with zero attached hydrogens (tertiary/aromatic N) is 2. The lowest BCUT2D eigenvalue weighted by Gasteiger charge is -2.34. The Morgan fingerprint density at radius 1 is 1.05 bits per heavy atom. The quantitative estimate of drug-likeness (QED) is 0.336. The number of rotatable bonds is 8. The zero-order valence-electron chi connectivity index (χ0n) is 23.2. The van der Waals surface area contributed by atoms with E-state index in [2.05, 4.69) is 23.8 Å². The predicted octanol–water partition coefficient (Wildman–Crippen LogP) is 3.80. The van der Waals surface area contributed by atoms with Crippen LogP contribution in [0.5, 0.6) is 0 Å². The molecule has 4 N–H and O–H groups in total. The van der Waals surface area contributed by atoms with Gasteiger partial charge in [-0.3, -0.25) is 34.4 Å². The van der Waals surface area contributed by atoms with Crippen LogP contribution in [0.1, 0.15) is 91.8 Å². The van der Waals surface area contributed by atoms with Crippen molar-refractivity contribution in [3.05, 3.63) is 40.6 Å². The number of hydrogen-bond acceptors (Lipinski definition) is 7. The number of fused-ring (bicyclic) bond motifs is 1. The molecule has 0 spiro atoms. The Morgan fingerprint density at radius 3 is 2.52 bits per heavy atom. The van der Waals surface area contributed by atoms with Gasteiger partial charge in [0.05, 0.1) is 17.2 Å². The van der Waals surface area contributed by atoms with E-state index in [0.29, 0.717) is 40.8 Å². The van der Waals surface area contributed by atoms with Gasteiger partial charge in [-0.2, -0.15) is 0 Å². The summed E-state index contributed by atoms with van der Waals surface area (Å²) in [6, 6.07) is 4.50. The molecule has 1 saturated heterocycles. The van der Waals surface area contributed by atoms with Gasteiger partial charge in [0.15, 0.2) is 0 Å². The van der Waals surface area contributed by atoms with Gasteiger partial charge < -0.3 is 11.1 Å². The highest BCUT2D eigenvalue weighted by Crippen LogP contribution is 2.41. The molecule has 3 unspecified atom stereocenters. The average Bonchev–Trinajstić information content (AvgIpc) is 3.73. The van der Waals surface area contributed by atoms with E-state index in [4.69, 9.17) is 10.7 Å². The molecule has 1 aromatic rings. The van der Waals surface area contributed by atoms with Gasteiger partial charge >= 0.3 is 0 Å². The minimum absolute atomic E-state index is 0.105. The second-order valence-corrected chi connectivity index (χ2v) is 12.4. The number of imide groups is 2. The van der Waals surface area contributed by atoms with E-state index < -0.39 is 23.8 Å². The lowest BCUT2D eigenvalue weighted by Crippen LogP contribution is -2.54. The summed E-state index contributed by atoms with van der Waals surface area (Å²) in [4.78, 5) is 55.7. The molecule has 4 amide bonds. The van der Waals surface area contributed by atoms with Crippen LogP contribution in [-0.2, 0) is 9.59 Å². The summed E-state index contributed by atoms with van der Waals surface area (Å²) in [5, 5.41) is 5.64. The van der Waals surface area contributed by atoms with Crippen LogP contribution < -0.4 is 16.4 Å². The van der Waals surface area contributed by atoms with E-state index in [1.807, 2.05) is 0 Å². The predicted molar refractivity (Wildman–Crippen MR) is 152 cm³/mol. The molecule has 2 aliphatic heterocycles. The van der Waals surface area contributed by atoms with Gasteiger partial charge in [0.1, 0.15) is 6.04 Å². The van der Waals surface area contributed by atoms with Crippen molar-refractivity contribution in [3.63, 3.8) is 0 Å². The van der Waals surface area contributed by atoms with Gasteiger partial charge in [-0.15, -0.1) is 0 Å². The fraction of sp³-hybridized carbons (Fsp3) is 0.581. The van der Waals surface area contributed by atoms with Gasteiger partial charge in [0, 0.05) is 30.6 Å². The number of nitrogens with two attached hydrogens (primary N) is 1. The summed E-state index contributed by atoms with van der Waals surface area (Å²) in [5.74, 6) is 0.280. The fourth-order valence-electron chi connectivity index (χ4n) is 6.81. The van der Waals surface area contributed by atoms with Crippen molar-refractivity contribution in [3.8, 4) is 0 Å². The van der Waals surface area contributed by atoms with Crippen molar-refractivity contribution >= 4 is 35.5 Å². The van der Waals surface area contributed by atoms with Crippen LogP contribution in [0.3, 0.4) is 0 Å². The summed E-state index contributed by atoms with van der Waals surface area (Å²) in [6.45, 7) is 3.12. The first-order valence-electron chi connectivity index (χ1n) is 14.9. The van der Waals surface area contributed by atoms with Crippen molar-refractivity contribution in [2.75, 3.05) is 11.9 Å². The third kappa shape index (κ3) is 5.18. The third-order valence-electron chi connectivity index (χ3n) is 9.53. The zero-order chi connectivity index (χ0) is 28.0. The Bertz CT molecular complexity index is 1290. The Balaban J connectivity index is 1.04. The molecule has 9 nitrogen and oxygen atoms in total. The number of anilines is 1. The van der Waals surface area contributed by atoms with Crippen LogP contribution in [0.15, 0.2) is 34.5 Å². The SMILES string of the molecule is CC1CCCCC1C(C=NC1CC(CNc2ccc3c(c2)C(=O)N(C2CCC(=O)NC2=O)C3=O)C1)=C(N)C1CC1. The summed E-state index contributed by atoms with van der Waals surface area (Å²) in [7, 11) is 0. The van der Waals surface area contributed by atoms with Crippen LogP contribution in [0.4, 0.5) is 5.69 Å². The summed E-state index contributed by atoms with van der Waals surface area (Å²) >= 11 is 0. The number of benzene rings is 1. The van der Waals surface area contributed by atoms with Crippen LogP contribution in [0.25, 0.3) is 0 Å². The van der Waals surface area contributed by atoms with Crippen LogP contribution >= 0.6 is 0 Å². The van der Waals surface area contributed by atoms with Crippen molar-refractivity contribution < 1.29 is 19.2 Å². The molecular formula is C31H39N5O4. The first-order chi connectivity index (χ1) is 19.3. The Kier molecular flexibility index (Phi) is 7.23. The normalized spacial score (nSPS) is 31.1. The number of hydrogen-bond donors (Lipinski definition) is 3. The molecule has 9 heteroatoms. The second-order valence-electron chi connectivity index (χ2n) is 12.4. The standard InChI is InChI=1S/C31H39N5O4/c1-17-4-2-3-5-22(17)25(28(32)19-6-7-19)16-34-21-12-18(13-21)15-33-20-8-9-23-24(14-20)31(40)36(30(23)39)26-10-11-27(37)35-29(26)38/h8-9,14,16-19,21-22,26,33H,2-7,10-13,15,32H2,1H3,(H,35,37,38). The number of aliphatic imine (C=N–C) groups is 1. The monoisotopic (exact) mass is 545 g/mol. The van der Waals surface area contributed by atoms with Crippen molar-refractivity contribution in [1.82, 2.24) is 10.2 Å². The lowest BCUT2D eigenvalue weighted by atomic mass is 9.75. The highest BCUT2D eigenvalue weighted by atomic mass is 16.2. The molecule has 1 aromatic carbocycles. The maximum Gasteiger partial charge on any atom is 0.262 e. The topological polar surface area (TPSA) is 134 Å². The van der Waals surface area contributed by atoms with Gasteiger partial charge in [0.25, 0.3) is 11.8 Å². The molecule has 4 fully saturated rings. The van der Waals surface area contributed by atoms with E-state index in [1.165, 1.54) is 44.1 Å². The summed E-state index contributed by atoms with van der Waals surface area (Å²) in [6.07, 6.45) is 11.9. The Labute approximate surface area is 235 Å². The van der Waals surface area contributed by atoms with Crippen molar-refractivity contribution in [1.29, 1.82) is 0 Å². The minimum Gasteiger partial charge on any atom is -0.402 e. The highest BCUT2D eigenvalue weighted by Gasteiger charge is 2.44. The summed E-state index contributed by atoms with van der Waals surface area (Å²) in [5.41, 5.74) is 10.4. The second kappa shape index (κ2) is 10.8. The van der Waals surface area contributed by atoms with E-state index in [9.17, 15) is 19.2 Å². The molecular weight excluding hydrogens is 506 g/mol. The third-order valence-corrected chi connectivity index (χ3v) is 9.53. The average molecular weight is 546 g/mol. The molecule has 5 aliphatic rings. The molecule has 3 atom stereocenters. The van der Waals surface area contributed by atoms with Gasteiger partial charge in [-0.1, -0.05) is 26.2 Å². The van der Waals surface area contributed by atoms with Crippen molar-refractivity contribution in [2.24, 2.45) is 34.4 Å². The maximum absolute atomic E-state index is 13.1. The van der Waals surface area contributed by atoms with E-state index in [0.717, 1.165) is 35.7 Å². The molecule has 3 aliphatic carbocycles. The van der Waals surface area contributed by atoms with Crippen LogP contribution in [0.2, 0.25) is 0 Å². The number of piperidine rings is 1. The number of carbonyl (C=O) groups excluding carboxylic acids is 4. The van der Waals surface area contributed by atoms with Gasteiger partial charge in [0.2, 0.25) is 11.8 Å². The molecule has 40 heavy (non-hydrogen) atoms. The Hall–Kier alpha value is -3.49. The van der Waals surface area contributed by atoms with E-state index in [-0.39, 0.29) is 18.7 Å². The number of nitrogens with one attached hydrogen (secondary N) is 2. The number of allylic oxidation sites excluding steroid dienone is 2. The summed E-state index contributed by atoms with van der Waals surface area (Å²) < 4.78 is 0. The van der Waals surface area contributed by atoms with Crippen molar-refractivity contribution in [2.45, 2.75) is 83.2 Å². The first-order valence-corrected chi connectivity index (χ1v) is 14.9. The Morgan fingerprint density at radius 2 is 1.80 bits per heavy atom. The molecule has 6 rings (SSSR count). The molecule has 2 heterocycles. The smallest absolute Gasteiger partial charge is 0.262 e. The highest BCUT2D eigenvalue weighted by molar-refractivity contribution is 6.23. The van der Waals surface area contributed by atoms with E-state index >= 15 is 0 Å². The molecule has 212 valence electrons. The largest absolute Gasteiger partial charge is 0.402 e. The minimum atomic E-state index is -0.953. The number of carbonyl (C=O) groups is 4. The van der Waals surface area contributed by atoms with Gasteiger partial charge in [-0.25, -0.2) is 0 Å². The molecule has 0 radical (unpaired) electrons. The van der Waals surface area contributed by atoms with Gasteiger partial charge in [-0.05, 0) is 86.0 Å².